The van der Waals surface area contributed by atoms with E-state index < -0.39 is 0 Å². The van der Waals surface area contributed by atoms with Crippen molar-refractivity contribution in [2.75, 3.05) is 13.2 Å². The SMILES string of the molecule is Cc1ccc(OCCNC(=O)C2CC2C)cc1. The second-order valence-corrected chi connectivity index (χ2v) is 4.77. The Kier molecular flexibility index (Phi) is 3.67. The Bertz CT molecular complexity index is 386. The number of carbonyl (C=O) groups excluding carboxylic acids is 1. The highest BCUT2D eigenvalue weighted by Crippen LogP contribution is 2.37. The van der Waals surface area contributed by atoms with Gasteiger partial charge in [0, 0.05) is 5.92 Å². The predicted octanol–water partition coefficient (Wildman–Crippen LogP) is 2.15. The van der Waals surface area contributed by atoms with Gasteiger partial charge in [0.25, 0.3) is 0 Å². The summed E-state index contributed by atoms with van der Waals surface area (Å²) in [6.45, 7) is 5.25. The van der Waals surface area contributed by atoms with Crippen LogP contribution < -0.4 is 10.1 Å². The number of ether oxygens (including phenoxy) is 1. The summed E-state index contributed by atoms with van der Waals surface area (Å²) in [6, 6.07) is 7.92. The number of hydrogen-bond acceptors (Lipinski definition) is 2. The van der Waals surface area contributed by atoms with E-state index in [1.807, 2.05) is 31.2 Å². The zero-order valence-corrected chi connectivity index (χ0v) is 10.4. The minimum absolute atomic E-state index is 0.171. The molecule has 0 spiro atoms. The molecule has 1 amide bonds. The maximum Gasteiger partial charge on any atom is 0.223 e. The molecule has 3 heteroatoms. The smallest absolute Gasteiger partial charge is 0.223 e. The fraction of sp³-hybridized carbons (Fsp3) is 0.500. The van der Waals surface area contributed by atoms with Crippen molar-refractivity contribution in [2.45, 2.75) is 20.3 Å². The standard InChI is InChI=1S/C14H19NO2/c1-10-3-5-12(6-4-10)17-8-7-15-14(16)13-9-11(13)2/h3-6,11,13H,7-9H2,1-2H3,(H,15,16). The molecule has 1 aromatic rings. The third kappa shape index (κ3) is 3.48. The monoisotopic (exact) mass is 233 g/mol. The van der Waals surface area contributed by atoms with E-state index in [4.69, 9.17) is 4.74 Å². The van der Waals surface area contributed by atoms with Crippen LogP contribution in [-0.4, -0.2) is 19.1 Å². The minimum atomic E-state index is 0.171. The van der Waals surface area contributed by atoms with Crippen LogP contribution in [0.25, 0.3) is 0 Å². The van der Waals surface area contributed by atoms with E-state index in [0.717, 1.165) is 12.2 Å². The van der Waals surface area contributed by atoms with Crippen molar-refractivity contribution < 1.29 is 9.53 Å². The summed E-state index contributed by atoms with van der Waals surface area (Å²) in [6.07, 6.45) is 1.03. The fourth-order valence-corrected chi connectivity index (χ4v) is 1.80. The first-order valence-electron chi connectivity index (χ1n) is 6.14. The summed E-state index contributed by atoms with van der Waals surface area (Å²) in [5.41, 5.74) is 1.22. The molecule has 1 fully saturated rings. The highest BCUT2D eigenvalue weighted by atomic mass is 16.5. The lowest BCUT2D eigenvalue weighted by atomic mass is 10.2. The molecule has 1 aromatic carbocycles. The predicted molar refractivity (Wildman–Crippen MR) is 67.0 cm³/mol. The van der Waals surface area contributed by atoms with Gasteiger partial charge in [-0.05, 0) is 31.4 Å². The van der Waals surface area contributed by atoms with E-state index in [0.29, 0.717) is 19.1 Å². The number of hydrogen-bond donors (Lipinski definition) is 1. The highest BCUT2D eigenvalue weighted by Gasteiger charge is 2.38. The zero-order valence-electron chi connectivity index (χ0n) is 10.4. The lowest BCUT2D eigenvalue weighted by Crippen LogP contribution is -2.29. The topological polar surface area (TPSA) is 38.3 Å². The van der Waals surface area contributed by atoms with Crippen LogP contribution in [0.4, 0.5) is 0 Å². The van der Waals surface area contributed by atoms with Crippen LogP contribution in [0.15, 0.2) is 24.3 Å². The Hall–Kier alpha value is -1.51. The molecule has 0 aliphatic heterocycles. The zero-order chi connectivity index (χ0) is 12.3. The molecule has 0 radical (unpaired) electrons. The number of nitrogens with one attached hydrogen (secondary N) is 1. The minimum Gasteiger partial charge on any atom is -0.492 e. The van der Waals surface area contributed by atoms with Crippen LogP contribution in [0, 0.1) is 18.8 Å². The molecule has 3 nitrogen and oxygen atoms in total. The first-order chi connectivity index (χ1) is 8.16. The van der Waals surface area contributed by atoms with Crippen LogP contribution in [0.2, 0.25) is 0 Å². The summed E-state index contributed by atoms with van der Waals surface area (Å²) < 4.78 is 5.52. The summed E-state index contributed by atoms with van der Waals surface area (Å²) >= 11 is 0. The molecule has 1 aliphatic carbocycles. The summed E-state index contributed by atoms with van der Waals surface area (Å²) in [5.74, 6) is 1.83. The molecule has 2 unspecified atom stereocenters. The molecule has 92 valence electrons. The van der Waals surface area contributed by atoms with E-state index in [-0.39, 0.29) is 11.8 Å². The first-order valence-corrected chi connectivity index (χ1v) is 6.14. The molecule has 0 aromatic heterocycles. The maximum absolute atomic E-state index is 11.5. The maximum atomic E-state index is 11.5. The number of amides is 1. The molecule has 0 bridgehead atoms. The van der Waals surface area contributed by atoms with Gasteiger partial charge in [0.2, 0.25) is 5.91 Å². The summed E-state index contributed by atoms with van der Waals surface area (Å²) in [5, 5.41) is 2.89. The van der Waals surface area contributed by atoms with E-state index in [1.165, 1.54) is 5.56 Å². The first kappa shape index (κ1) is 12.0. The van der Waals surface area contributed by atoms with Gasteiger partial charge < -0.3 is 10.1 Å². The molecule has 2 atom stereocenters. The van der Waals surface area contributed by atoms with Crippen LogP contribution >= 0.6 is 0 Å². The molecule has 1 saturated carbocycles. The van der Waals surface area contributed by atoms with Gasteiger partial charge in [-0.1, -0.05) is 24.6 Å². The lowest BCUT2D eigenvalue weighted by Gasteiger charge is -2.07. The van der Waals surface area contributed by atoms with Gasteiger partial charge in [-0.3, -0.25) is 4.79 Å². The van der Waals surface area contributed by atoms with Crippen molar-refractivity contribution in [1.29, 1.82) is 0 Å². The molecule has 0 heterocycles. The van der Waals surface area contributed by atoms with E-state index >= 15 is 0 Å². The molecule has 1 N–H and O–H groups in total. The second-order valence-electron chi connectivity index (χ2n) is 4.77. The van der Waals surface area contributed by atoms with Gasteiger partial charge in [-0.2, -0.15) is 0 Å². The molecule has 1 aliphatic rings. The van der Waals surface area contributed by atoms with Crippen LogP contribution in [0.3, 0.4) is 0 Å². The number of aryl methyl sites for hydroxylation is 1. The van der Waals surface area contributed by atoms with Crippen molar-refractivity contribution in [1.82, 2.24) is 5.32 Å². The van der Waals surface area contributed by atoms with Crippen LogP contribution in [0.1, 0.15) is 18.9 Å². The highest BCUT2D eigenvalue weighted by molar-refractivity contribution is 5.81. The normalized spacial score (nSPS) is 22.0. The summed E-state index contributed by atoms with van der Waals surface area (Å²) in [4.78, 5) is 11.5. The van der Waals surface area contributed by atoms with Gasteiger partial charge in [-0.15, -0.1) is 0 Å². The van der Waals surface area contributed by atoms with Crippen molar-refractivity contribution >= 4 is 5.91 Å². The Morgan fingerprint density at radius 2 is 2.06 bits per heavy atom. The average Bonchev–Trinajstić information content (AvgIpc) is 3.04. The average molecular weight is 233 g/mol. The molecule has 17 heavy (non-hydrogen) atoms. The van der Waals surface area contributed by atoms with Crippen molar-refractivity contribution in [3.8, 4) is 5.75 Å². The Labute approximate surface area is 102 Å². The van der Waals surface area contributed by atoms with Gasteiger partial charge >= 0.3 is 0 Å². The van der Waals surface area contributed by atoms with E-state index in [2.05, 4.69) is 12.2 Å². The Morgan fingerprint density at radius 3 is 2.65 bits per heavy atom. The van der Waals surface area contributed by atoms with Gasteiger partial charge in [0.1, 0.15) is 12.4 Å². The Morgan fingerprint density at radius 1 is 1.41 bits per heavy atom. The Balaban J connectivity index is 1.63. The largest absolute Gasteiger partial charge is 0.492 e. The second kappa shape index (κ2) is 5.21. The van der Waals surface area contributed by atoms with Gasteiger partial charge in [0.15, 0.2) is 0 Å². The molecule has 2 rings (SSSR count). The lowest BCUT2D eigenvalue weighted by molar-refractivity contribution is -0.122. The fourth-order valence-electron chi connectivity index (χ4n) is 1.80. The number of benzene rings is 1. The molecular weight excluding hydrogens is 214 g/mol. The number of rotatable bonds is 5. The van der Waals surface area contributed by atoms with Crippen molar-refractivity contribution in [3.05, 3.63) is 29.8 Å². The third-order valence-corrected chi connectivity index (χ3v) is 3.14. The van der Waals surface area contributed by atoms with Crippen molar-refractivity contribution in [3.63, 3.8) is 0 Å². The summed E-state index contributed by atoms with van der Waals surface area (Å²) in [7, 11) is 0. The number of carbonyl (C=O) groups is 1. The van der Waals surface area contributed by atoms with Gasteiger partial charge in [-0.25, -0.2) is 0 Å². The quantitative estimate of drug-likeness (QED) is 0.791. The van der Waals surface area contributed by atoms with E-state index in [9.17, 15) is 4.79 Å². The van der Waals surface area contributed by atoms with E-state index in [1.54, 1.807) is 0 Å². The molecular formula is C14H19NO2. The molecule has 0 saturated heterocycles. The van der Waals surface area contributed by atoms with Crippen LogP contribution in [0.5, 0.6) is 5.75 Å². The third-order valence-electron chi connectivity index (χ3n) is 3.14. The van der Waals surface area contributed by atoms with Gasteiger partial charge in [0.05, 0.1) is 6.54 Å². The van der Waals surface area contributed by atoms with Crippen LogP contribution in [-0.2, 0) is 4.79 Å². The van der Waals surface area contributed by atoms with Crippen molar-refractivity contribution in [2.24, 2.45) is 11.8 Å².